The first-order chi connectivity index (χ1) is 16.6. The standard InChI is InChI=1S/C32H50O3/c1-6-17-32(35,18-7-2)20-9-8-11-23(3)28-15-16-29-25(12-10-19-31(28,29)5)13-14-26-21-27(33)22-30(34)24(26)4/h8-9,11,13-14,20,23,27-30,33-35H,4,6-7,10,12,15-19,21-22H2,1-3,5H3/b11-8+,20-9+,25-13+,26-14+/t23-,27-,28-,29+,30+,31-/m1/s1. The predicted octanol–water partition coefficient (Wildman–Crippen LogP) is 7.21. The summed E-state index contributed by atoms with van der Waals surface area (Å²) < 4.78 is 0. The van der Waals surface area contributed by atoms with Crippen molar-refractivity contribution in [1.82, 2.24) is 0 Å². The van der Waals surface area contributed by atoms with Crippen LogP contribution in [0.5, 0.6) is 0 Å². The molecule has 3 saturated carbocycles. The molecule has 3 fully saturated rings. The summed E-state index contributed by atoms with van der Waals surface area (Å²) in [7, 11) is 0. The van der Waals surface area contributed by atoms with E-state index in [-0.39, 0.29) is 0 Å². The van der Waals surface area contributed by atoms with Crippen molar-refractivity contribution in [3.8, 4) is 0 Å². The van der Waals surface area contributed by atoms with Gasteiger partial charge in [-0.15, -0.1) is 0 Å². The third kappa shape index (κ3) is 6.67. The van der Waals surface area contributed by atoms with E-state index in [4.69, 9.17) is 0 Å². The van der Waals surface area contributed by atoms with Gasteiger partial charge in [0.05, 0.1) is 17.8 Å². The van der Waals surface area contributed by atoms with Crippen LogP contribution in [0, 0.1) is 23.2 Å². The number of fused-ring (bicyclic) bond motifs is 1. The highest BCUT2D eigenvalue weighted by Gasteiger charge is 2.50. The van der Waals surface area contributed by atoms with Crippen LogP contribution in [-0.2, 0) is 0 Å². The van der Waals surface area contributed by atoms with Crippen LogP contribution >= 0.6 is 0 Å². The zero-order valence-electron chi connectivity index (χ0n) is 22.7. The van der Waals surface area contributed by atoms with Crippen LogP contribution in [0.25, 0.3) is 0 Å². The topological polar surface area (TPSA) is 60.7 Å². The molecule has 0 bridgehead atoms. The summed E-state index contributed by atoms with van der Waals surface area (Å²) in [6, 6.07) is 0. The third-order valence-electron chi connectivity index (χ3n) is 9.23. The number of aliphatic hydroxyl groups is 3. The minimum Gasteiger partial charge on any atom is -0.393 e. The molecule has 3 heteroatoms. The van der Waals surface area contributed by atoms with Crippen LogP contribution in [0.2, 0.25) is 0 Å². The highest BCUT2D eigenvalue weighted by Crippen LogP contribution is 2.59. The van der Waals surface area contributed by atoms with Crippen LogP contribution < -0.4 is 0 Å². The molecule has 0 aliphatic heterocycles. The van der Waals surface area contributed by atoms with E-state index in [2.05, 4.69) is 64.7 Å². The monoisotopic (exact) mass is 482 g/mol. The van der Waals surface area contributed by atoms with Crippen LogP contribution in [0.15, 0.2) is 59.8 Å². The van der Waals surface area contributed by atoms with Gasteiger partial charge in [-0.2, -0.15) is 0 Å². The molecule has 0 aromatic carbocycles. The van der Waals surface area contributed by atoms with Crippen molar-refractivity contribution >= 4 is 0 Å². The van der Waals surface area contributed by atoms with E-state index in [1.807, 2.05) is 6.08 Å². The maximum Gasteiger partial charge on any atom is 0.0830 e. The normalized spacial score (nSPS) is 35.5. The molecule has 3 nitrogen and oxygen atoms in total. The summed E-state index contributed by atoms with van der Waals surface area (Å²) in [6.45, 7) is 13.2. The first-order valence-electron chi connectivity index (χ1n) is 14.2. The molecule has 6 atom stereocenters. The Labute approximate surface area is 214 Å². The van der Waals surface area contributed by atoms with Gasteiger partial charge in [0.15, 0.2) is 0 Å². The first-order valence-corrected chi connectivity index (χ1v) is 14.2. The number of hydrogen-bond acceptors (Lipinski definition) is 3. The van der Waals surface area contributed by atoms with E-state index in [0.717, 1.165) is 43.3 Å². The molecule has 3 N–H and O–H groups in total. The van der Waals surface area contributed by atoms with Gasteiger partial charge in [0, 0.05) is 6.42 Å². The maximum absolute atomic E-state index is 10.8. The van der Waals surface area contributed by atoms with E-state index in [0.29, 0.717) is 36.0 Å². The zero-order valence-corrected chi connectivity index (χ0v) is 22.7. The summed E-state index contributed by atoms with van der Waals surface area (Å²) >= 11 is 0. The second-order valence-corrected chi connectivity index (χ2v) is 11.9. The fourth-order valence-electron chi connectivity index (χ4n) is 7.37. The predicted molar refractivity (Wildman–Crippen MR) is 147 cm³/mol. The van der Waals surface area contributed by atoms with Crippen molar-refractivity contribution in [3.63, 3.8) is 0 Å². The molecule has 0 spiro atoms. The van der Waals surface area contributed by atoms with E-state index < -0.39 is 17.8 Å². The Bertz CT molecular complexity index is 841. The largest absolute Gasteiger partial charge is 0.393 e. The zero-order chi connectivity index (χ0) is 25.6. The molecule has 0 unspecified atom stereocenters. The highest BCUT2D eigenvalue weighted by molar-refractivity contribution is 5.38. The van der Waals surface area contributed by atoms with Crippen molar-refractivity contribution < 1.29 is 15.3 Å². The highest BCUT2D eigenvalue weighted by atomic mass is 16.3. The molecule has 3 aliphatic carbocycles. The molecular weight excluding hydrogens is 432 g/mol. The second kappa shape index (κ2) is 12.2. The molecule has 0 radical (unpaired) electrons. The second-order valence-electron chi connectivity index (χ2n) is 11.9. The number of hydrogen-bond donors (Lipinski definition) is 3. The van der Waals surface area contributed by atoms with Gasteiger partial charge >= 0.3 is 0 Å². The summed E-state index contributed by atoms with van der Waals surface area (Å²) in [4.78, 5) is 0. The first kappa shape index (κ1) is 28.2. The van der Waals surface area contributed by atoms with Gasteiger partial charge in [0.25, 0.3) is 0 Å². The van der Waals surface area contributed by atoms with Crippen LogP contribution in [0.1, 0.15) is 98.3 Å². The molecule has 35 heavy (non-hydrogen) atoms. The van der Waals surface area contributed by atoms with Crippen molar-refractivity contribution in [2.24, 2.45) is 23.2 Å². The minimum absolute atomic E-state index is 0.309. The maximum atomic E-state index is 10.8. The van der Waals surface area contributed by atoms with Crippen molar-refractivity contribution in [2.45, 2.75) is 116 Å². The van der Waals surface area contributed by atoms with Crippen LogP contribution in [-0.4, -0.2) is 33.1 Å². The smallest absolute Gasteiger partial charge is 0.0830 e. The quantitative estimate of drug-likeness (QED) is 0.304. The molecule has 0 aromatic rings. The SMILES string of the molecule is C=C1/C(=C/C=C2\CCC[C@]3(C)[C@@H]([C@H](C)/C=C/C=C/C(O)(CCC)CCC)CC[C@@H]23)C[C@@H](O)C[C@@H]1O. The summed E-state index contributed by atoms with van der Waals surface area (Å²) in [5, 5.41) is 31.1. The fourth-order valence-corrected chi connectivity index (χ4v) is 7.37. The van der Waals surface area contributed by atoms with Crippen molar-refractivity contribution in [1.29, 1.82) is 0 Å². The Morgan fingerprint density at radius 3 is 2.51 bits per heavy atom. The molecule has 0 saturated heterocycles. The van der Waals surface area contributed by atoms with Crippen LogP contribution in [0.4, 0.5) is 0 Å². The Hall–Kier alpha value is -1.42. The number of allylic oxidation sites excluding steroid dienone is 6. The minimum atomic E-state index is -0.672. The molecule has 0 aromatic heterocycles. The lowest BCUT2D eigenvalue weighted by Crippen LogP contribution is -2.35. The molecule has 0 amide bonds. The lowest BCUT2D eigenvalue weighted by Gasteiger charge is -2.44. The average molecular weight is 483 g/mol. The lowest BCUT2D eigenvalue weighted by atomic mass is 9.61. The van der Waals surface area contributed by atoms with Gasteiger partial charge < -0.3 is 15.3 Å². The van der Waals surface area contributed by atoms with Crippen molar-refractivity contribution in [2.75, 3.05) is 0 Å². The van der Waals surface area contributed by atoms with Gasteiger partial charge in [0.2, 0.25) is 0 Å². The Kier molecular flexibility index (Phi) is 9.82. The van der Waals surface area contributed by atoms with Gasteiger partial charge in [-0.25, -0.2) is 0 Å². The number of rotatable bonds is 9. The van der Waals surface area contributed by atoms with Gasteiger partial charge in [0.1, 0.15) is 0 Å². The molecule has 3 rings (SSSR count). The van der Waals surface area contributed by atoms with E-state index >= 15 is 0 Å². The number of aliphatic hydroxyl groups excluding tert-OH is 2. The third-order valence-corrected chi connectivity index (χ3v) is 9.23. The molecular formula is C32H50O3. The molecule has 196 valence electrons. The van der Waals surface area contributed by atoms with E-state index in [1.54, 1.807) is 0 Å². The lowest BCUT2D eigenvalue weighted by molar-refractivity contribution is 0.0706. The molecule has 3 aliphatic rings. The average Bonchev–Trinajstić information content (AvgIpc) is 3.16. The molecule has 0 heterocycles. The summed E-state index contributed by atoms with van der Waals surface area (Å²) in [6.07, 6.45) is 22.6. The van der Waals surface area contributed by atoms with Gasteiger partial charge in [-0.05, 0) is 85.7 Å². The fraction of sp³-hybridized carbons (Fsp3) is 0.688. The van der Waals surface area contributed by atoms with Crippen LogP contribution in [0.3, 0.4) is 0 Å². The Balaban J connectivity index is 1.70. The van der Waals surface area contributed by atoms with E-state index in [9.17, 15) is 15.3 Å². The van der Waals surface area contributed by atoms with E-state index in [1.165, 1.54) is 31.3 Å². The van der Waals surface area contributed by atoms with Gasteiger partial charge in [-0.1, -0.05) is 89.1 Å². The Morgan fingerprint density at radius 1 is 1.11 bits per heavy atom. The summed E-state index contributed by atoms with van der Waals surface area (Å²) in [5.74, 6) is 1.77. The van der Waals surface area contributed by atoms with Crippen molar-refractivity contribution in [3.05, 3.63) is 59.8 Å². The van der Waals surface area contributed by atoms with Gasteiger partial charge in [-0.3, -0.25) is 0 Å². The summed E-state index contributed by atoms with van der Waals surface area (Å²) in [5.41, 5.74) is 2.95. The Morgan fingerprint density at radius 2 is 1.83 bits per heavy atom.